The Hall–Kier alpha value is -2.61. The first-order chi connectivity index (χ1) is 11.6. The Bertz CT molecular complexity index is 897. The third-order valence-corrected chi connectivity index (χ3v) is 3.83. The minimum absolute atomic E-state index is 0.144. The standard InChI is InChI=1S/C16H11F2N3O2S/c17-16(18)11-6-12(9-1-3-13-14(5-9)23-8-22-13)21(20-11)15-4-2-10(24)7-19-15/h1-7,16,24H,8H2. The number of fused-ring (bicyclic) bond motifs is 1. The van der Waals surface area contributed by atoms with Crippen LogP contribution in [-0.4, -0.2) is 21.6 Å². The zero-order chi connectivity index (χ0) is 16.7. The summed E-state index contributed by atoms with van der Waals surface area (Å²) >= 11 is 4.18. The topological polar surface area (TPSA) is 49.2 Å². The van der Waals surface area contributed by atoms with Gasteiger partial charge < -0.3 is 9.47 Å². The molecular weight excluding hydrogens is 336 g/mol. The fourth-order valence-electron chi connectivity index (χ4n) is 2.45. The number of benzene rings is 1. The van der Waals surface area contributed by atoms with E-state index in [0.29, 0.717) is 33.5 Å². The van der Waals surface area contributed by atoms with Crippen LogP contribution in [-0.2, 0) is 0 Å². The Labute approximate surface area is 141 Å². The molecule has 1 aliphatic heterocycles. The zero-order valence-electron chi connectivity index (χ0n) is 12.2. The van der Waals surface area contributed by atoms with E-state index in [0.717, 1.165) is 0 Å². The molecule has 0 N–H and O–H groups in total. The Morgan fingerprint density at radius 3 is 2.67 bits per heavy atom. The highest BCUT2D eigenvalue weighted by Crippen LogP contribution is 2.37. The van der Waals surface area contributed by atoms with Crippen LogP contribution in [0, 0.1) is 0 Å². The highest BCUT2D eigenvalue weighted by Gasteiger charge is 2.20. The molecule has 0 radical (unpaired) electrons. The van der Waals surface area contributed by atoms with Crippen LogP contribution in [0.1, 0.15) is 12.1 Å². The SMILES string of the molecule is FC(F)c1cc(-c2ccc3c(c2)OCO3)n(-c2ccc(S)cn2)n1. The highest BCUT2D eigenvalue weighted by molar-refractivity contribution is 7.80. The van der Waals surface area contributed by atoms with Gasteiger partial charge in [0.1, 0.15) is 5.69 Å². The fourth-order valence-corrected chi connectivity index (χ4v) is 2.58. The molecule has 0 saturated heterocycles. The zero-order valence-corrected chi connectivity index (χ0v) is 13.1. The average Bonchev–Trinajstić information content (AvgIpc) is 3.21. The predicted octanol–water partition coefficient (Wildman–Crippen LogP) is 3.89. The van der Waals surface area contributed by atoms with Gasteiger partial charge in [-0.05, 0) is 36.4 Å². The molecule has 3 heterocycles. The van der Waals surface area contributed by atoms with E-state index in [1.54, 1.807) is 30.3 Å². The predicted molar refractivity (Wildman–Crippen MR) is 85.1 cm³/mol. The van der Waals surface area contributed by atoms with E-state index in [1.807, 2.05) is 0 Å². The van der Waals surface area contributed by atoms with Crippen molar-refractivity contribution in [1.29, 1.82) is 0 Å². The molecule has 2 aromatic heterocycles. The first-order valence-corrected chi connectivity index (χ1v) is 7.50. The van der Waals surface area contributed by atoms with Crippen molar-refractivity contribution in [3.8, 4) is 28.6 Å². The largest absolute Gasteiger partial charge is 0.454 e. The van der Waals surface area contributed by atoms with Crippen LogP contribution in [0.25, 0.3) is 17.1 Å². The van der Waals surface area contributed by atoms with Crippen LogP contribution in [0.3, 0.4) is 0 Å². The quantitative estimate of drug-likeness (QED) is 0.731. The molecule has 0 atom stereocenters. The van der Waals surface area contributed by atoms with Gasteiger partial charge in [0.2, 0.25) is 6.79 Å². The molecule has 0 bridgehead atoms. The molecule has 0 amide bonds. The van der Waals surface area contributed by atoms with Crippen molar-refractivity contribution in [2.45, 2.75) is 11.3 Å². The summed E-state index contributed by atoms with van der Waals surface area (Å²) in [4.78, 5) is 4.87. The summed E-state index contributed by atoms with van der Waals surface area (Å²) in [5.74, 6) is 1.61. The van der Waals surface area contributed by atoms with E-state index in [4.69, 9.17) is 9.47 Å². The summed E-state index contributed by atoms with van der Waals surface area (Å²) in [6.45, 7) is 0.144. The molecule has 24 heavy (non-hydrogen) atoms. The van der Waals surface area contributed by atoms with Crippen molar-refractivity contribution >= 4 is 12.6 Å². The van der Waals surface area contributed by atoms with Gasteiger partial charge in [-0.1, -0.05) is 0 Å². The lowest BCUT2D eigenvalue weighted by Crippen LogP contribution is -2.02. The Balaban J connectivity index is 1.86. The summed E-state index contributed by atoms with van der Waals surface area (Å²) in [5.41, 5.74) is 0.845. The van der Waals surface area contributed by atoms with Crippen molar-refractivity contribution in [2.75, 3.05) is 6.79 Å². The second-order valence-corrected chi connectivity index (χ2v) is 5.63. The summed E-state index contributed by atoms with van der Waals surface area (Å²) < 4.78 is 38.3. The van der Waals surface area contributed by atoms with Crippen LogP contribution >= 0.6 is 12.6 Å². The second-order valence-electron chi connectivity index (χ2n) is 5.11. The van der Waals surface area contributed by atoms with Gasteiger partial charge in [-0.25, -0.2) is 18.4 Å². The summed E-state index contributed by atoms with van der Waals surface area (Å²) in [5, 5.41) is 3.99. The van der Waals surface area contributed by atoms with Gasteiger partial charge in [0.15, 0.2) is 17.3 Å². The molecule has 0 saturated carbocycles. The molecule has 0 aliphatic carbocycles. The van der Waals surface area contributed by atoms with Crippen LogP contribution in [0.15, 0.2) is 47.5 Å². The molecule has 1 aliphatic rings. The lowest BCUT2D eigenvalue weighted by Gasteiger charge is -2.07. The Morgan fingerprint density at radius 1 is 1.08 bits per heavy atom. The van der Waals surface area contributed by atoms with Gasteiger partial charge in [0, 0.05) is 16.7 Å². The third kappa shape index (κ3) is 2.58. The minimum Gasteiger partial charge on any atom is -0.454 e. The number of nitrogens with zero attached hydrogens (tertiary/aromatic N) is 3. The van der Waals surface area contributed by atoms with E-state index >= 15 is 0 Å². The van der Waals surface area contributed by atoms with E-state index in [9.17, 15) is 8.78 Å². The molecule has 5 nitrogen and oxygen atoms in total. The summed E-state index contributed by atoms with van der Waals surface area (Å²) in [7, 11) is 0. The number of rotatable bonds is 3. The van der Waals surface area contributed by atoms with E-state index in [2.05, 4.69) is 22.7 Å². The summed E-state index contributed by atoms with van der Waals surface area (Å²) in [6, 6.07) is 9.97. The number of halogens is 2. The summed E-state index contributed by atoms with van der Waals surface area (Å²) in [6.07, 6.45) is -1.14. The number of thiol groups is 1. The maximum Gasteiger partial charge on any atom is 0.282 e. The van der Waals surface area contributed by atoms with Gasteiger partial charge >= 0.3 is 0 Å². The number of ether oxygens (including phenoxy) is 2. The second kappa shape index (κ2) is 5.79. The minimum atomic E-state index is -2.68. The molecule has 8 heteroatoms. The maximum atomic E-state index is 13.1. The van der Waals surface area contributed by atoms with Crippen LogP contribution in [0.4, 0.5) is 8.78 Å². The van der Waals surface area contributed by atoms with E-state index < -0.39 is 6.43 Å². The van der Waals surface area contributed by atoms with Gasteiger partial charge in [-0.2, -0.15) is 5.10 Å². The molecule has 3 aromatic rings. The van der Waals surface area contributed by atoms with Crippen molar-refractivity contribution in [1.82, 2.24) is 14.8 Å². The van der Waals surface area contributed by atoms with Crippen LogP contribution in [0.2, 0.25) is 0 Å². The van der Waals surface area contributed by atoms with Crippen molar-refractivity contribution in [2.24, 2.45) is 0 Å². The molecule has 0 spiro atoms. The smallest absolute Gasteiger partial charge is 0.282 e. The lowest BCUT2D eigenvalue weighted by atomic mass is 10.1. The van der Waals surface area contributed by atoms with Crippen molar-refractivity contribution < 1.29 is 18.3 Å². The lowest BCUT2D eigenvalue weighted by molar-refractivity contribution is 0.145. The van der Waals surface area contributed by atoms with Crippen LogP contribution in [0.5, 0.6) is 11.5 Å². The molecule has 122 valence electrons. The fraction of sp³-hybridized carbons (Fsp3) is 0.125. The van der Waals surface area contributed by atoms with Crippen molar-refractivity contribution in [3.63, 3.8) is 0 Å². The number of hydrogen-bond donors (Lipinski definition) is 1. The van der Waals surface area contributed by atoms with Gasteiger partial charge in [0.25, 0.3) is 6.43 Å². The monoisotopic (exact) mass is 347 g/mol. The van der Waals surface area contributed by atoms with Crippen LogP contribution < -0.4 is 9.47 Å². The average molecular weight is 347 g/mol. The van der Waals surface area contributed by atoms with Gasteiger partial charge in [0.05, 0.1) is 5.69 Å². The van der Waals surface area contributed by atoms with Crippen molar-refractivity contribution in [3.05, 3.63) is 48.3 Å². The Morgan fingerprint density at radius 2 is 1.92 bits per heavy atom. The number of hydrogen-bond acceptors (Lipinski definition) is 5. The molecule has 0 fully saturated rings. The number of aromatic nitrogens is 3. The van der Waals surface area contributed by atoms with E-state index in [-0.39, 0.29) is 12.5 Å². The molecule has 1 aromatic carbocycles. The van der Waals surface area contributed by atoms with E-state index in [1.165, 1.54) is 16.9 Å². The normalized spacial score (nSPS) is 12.8. The molecule has 0 unspecified atom stereocenters. The molecular formula is C16H11F2N3O2S. The first kappa shape index (κ1) is 14.9. The maximum absolute atomic E-state index is 13.1. The number of pyridine rings is 1. The third-order valence-electron chi connectivity index (χ3n) is 3.57. The highest BCUT2D eigenvalue weighted by atomic mass is 32.1. The number of alkyl halides is 2. The Kier molecular flexibility index (Phi) is 3.61. The van der Waals surface area contributed by atoms with Gasteiger partial charge in [-0.3, -0.25) is 0 Å². The molecule has 4 rings (SSSR count). The van der Waals surface area contributed by atoms with Gasteiger partial charge in [-0.15, -0.1) is 12.6 Å². The first-order valence-electron chi connectivity index (χ1n) is 7.05.